The van der Waals surface area contributed by atoms with Gasteiger partial charge in [0.15, 0.2) is 11.5 Å². The third-order valence-electron chi connectivity index (χ3n) is 2.83. The van der Waals surface area contributed by atoms with Crippen molar-refractivity contribution >= 4 is 12.4 Å². The predicted molar refractivity (Wildman–Crippen MR) is 60.0 cm³/mol. The van der Waals surface area contributed by atoms with Crippen LogP contribution in [-0.4, -0.2) is 19.3 Å². The predicted octanol–water partition coefficient (Wildman–Crippen LogP) is 1.69. The summed E-state index contributed by atoms with van der Waals surface area (Å²) in [5, 5.41) is 0. The van der Waals surface area contributed by atoms with E-state index >= 15 is 0 Å². The van der Waals surface area contributed by atoms with Gasteiger partial charge in [-0.3, -0.25) is 0 Å². The van der Waals surface area contributed by atoms with Crippen LogP contribution in [0.5, 0.6) is 11.5 Å². The molecule has 1 aromatic carbocycles. The summed E-state index contributed by atoms with van der Waals surface area (Å²) in [6, 6.07) is 6.48. The lowest BCUT2D eigenvalue weighted by molar-refractivity contribution is 0.171. The van der Waals surface area contributed by atoms with Gasteiger partial charge in [-0.15, -0.1) is 12.4 Å². The van der Waals surface area contributed by atoms with E-state index in [-0.39, 0.29) is 12.4 Å². The Labute approximate surface area is 95.0 Å². The Morgan fingerprint density at radius 1 is 1.13 bits per heavy atom. The van der Waals surface area contributed by atoms with Crippen LogP contribution in [0.3, 0.4) is 0 Å². The smallest absolute Gasteiger partial charge is 0.161 e. The summed E-state index contributed by atoms with van der Waals surface area (Å²) in [7, 11) is 0. The van der Waals surface area contributed by atoms with Gasteiger partial charge in [0.1, 0.15) is 13.2 Å². The quantitative estimate of drug-likeness (QED) is 0.794. The van der Waals surface area contributed by atoms with E-state index in [1.54, 1.807) is 0 Å². The minimum absolute atomic E-state index is 0. The zero-order valence-corrected chi connectivity index (χ0v) is 9.13. The molecular formula is C11H14ClNO2. The second-order valence-corrected chi connectivity index (χ2v) is 3.91. The van der Waals surface area contributed by atoms with E-state index in [9.17, 15) is 0 Å². The minimum Gasteiger partial charge on any atom is -0.486 e. The first-order valence-electron chi connectivity index (χ1n) is 5.00. The molecule has 0 spiro atoms. The third kappa shape index (κ3) is 1.90. The van der Waals surface area contributed by atoms with Crippen LogP contribution in [0, 0.1) is 0 Å². The van der Waals surface area contributed by atoms with Gasteiger partial charge in [0, 0.05) is 12.0 Å². The highest BCUT2D eigenvalue weighted by Crippen LogP contribution is 2.42. The lowest BCUT2D eigenvalue weighted by Crippen LogP contribution is -2.15. The summed E-state index contributed by atoms with van der Waals surface area (Å²) < 4.78 is 11.0. The van der Waals surface area contributed by atoms with Crippen LogP contribution in [0.15, 0.2) is 18.2 Å². The van der Waals surface area contributed by atoms with Gasteiger partial charge in [0.2, 0.25) is 0 Å². The summed E-state index contributed by atoms with van der Waals surface area (Å²) in [6.45, 7) is 1.29. The summed E-state index contributed by atoms with van der Waals surface area (Å²) in [5.41, 5.74) is 7.08. The first-order valence-corrected chi connectivity index (χ1v) is 5.00. The van der Waals surface area contributed by atoms with Crippen molar-refractivity contribution < 1.29 is 9.47 Å². The lowest BCUT2D eigenvalue weighted by atomic mass is 10.1. The van der Waals surface area contributed by atoms with Crippen LogP contribution < -0.4 is 15.2 Å². The molecule has 1 fully saturated rings. The van der Waals surface area contributed by atoms with Crippen LogP contribution in [0.25, 0.3) is 0 Å². The van der Waals surface area contributed by atoms with Gasteiger partial charge in [0.05, 0.1) is 0 Å². The molecule has 2 N–H and O–H groups in total. The van der Waals surface area contributed by atoms with Crippen molar-refractivity contribution in [2.45, 2.75) is 18.4 Å². The Balaban J connectivity index is 0.000000853. The summed E-state index contributed by atoms with van der Waals surface area (Å²) in [4.78, 5) is 0. The largest absolute Gasteiger partial charge is 0.486 e. The first kappa shape index (κ1) is 10.6. The fourth-order valence-electron chi connectivity index (χ4n) is 1.89. The molecule has 0 unspecified atom stereocenters. The van der Waals surface area contributed by atoms with Crippen molar-refractivity contribution in [2.75, 3.05) is 13.2 Å². The van der Waals surface area contributed by atoms with Crippen LogP contribution in [0.4, 0.5) is 0 Å². The Morgan fingerprint density at radius 2 is 1.80 bits per heavy atom. The highest BCUT2D eigenvalue weighted by Gasteiger charge is 2.35. The molecule has 82 valence electrons. The van der Waals surface area contributed by atoms with E-state index in [0.717, 1.165) is 17.9 Å². The molecule has 1 saturated carbocycles. The maximum Gasteiger partial charge on any atom is 0.161 e. The topological polar surface area (TPSA) is 44.5 Å². The zero-order chi connectivity index (χ0) is 9.54. The summed E-state index contributed by atoms with van der Waals surface area (Å²) in [5.74, 6) is 2.26. The normalized spacial score (nSPS) is 26.7. The van der Waals surface area contributed by atoms with Gasteiger partial charge in [-0.25, -0.2) is 0 Å². The van der Waals surface area contributed by atoms with Gasteiger partial charge < -0.3 is 15.2 Å². The van der Waals surface area contributed by atoms with Crippen molar-refractivity contribution in [2.24, 2.45) is 5.73 Å². The molecule has 0 bridgehead atoms. The van der Waals surface area contributed by atoms with Gasteiger partial charge in [-0.05, 0) is 24.1 Å². The zero-order valence-electron chi connectivity index (χ0n) is 8.31. The van der Waals surface area contributed by atoms with Crippen LogP contribution in [-0.2, 0) is 0 Å². The monoisotopic (exact) mass is 227 g/mol. The minimum atomic E-state index is 0. The Kier molecular flexibility index (Phi) is 2.76. The number of fused-ring (bicyclic) bond motifs is 1. The molecule has 0 amide bonds. The molecule has 3 nitrogen and oxygen atoms in total. The van der Waals surface area contributed by atoms with Crippen molar-refractivity contribution in [3.8, 4) is 11.5 Å². The fourth-order valence-corrected chi connectivity index (χ4v) is 1.89. The SMILES string of the molecule is Cl.N[C@@H]1C[C@H]1c1ccc2c(c1)OCCO2. The van der Waals surface area contributed by atoms with Crippen molar-refractivity contribution in [1.82, 2.24) is 0 Å². The van der Waals surface area contributed by atoms with Gasteiger partial charge in [-0.1, -0.05) is 6.07 Å². The van der Waals surface area contributed by atoms with Gasteiger partial charge >= 0.3 is 0 Å². The average molecular weight is 228 g/mol. The van der Waals surface area contributed by atoms with Crippen LogP contribution in [0.2, 0.25) is 0 Å². The maximum absolute atomic E-state index is 5.80. The third-order valence-corrected chi connectivity index (χ3v) is 2.83. The van der Waals surface area contributed by atoms with Crippen LogP contribution in [0.1, 0.15) is 17.9 Å². The van der Waals surface area contributed by atoms with Crippen LogP contribution >= 0.6 is 12.4 Å². The number of rotatable bonds is 1. The van der Waals surface area contributed by atoms with Gasteiger partial charge in [-0.2, -0.15) is 0 Å². The number of hydrogen-bond acceptors (Lipinski definition) is 3. The molecule has 0 saturated heterocycles. The molecule has 2 aliphatic rings. The van der Waals surface area contributed by atoms with Crippen molar-refractivity contribution in [3.05, 3.63) is 23.8 Å². The maximum atomic E-state index is 5.80. The number of ether oxygens (including phenoxy) is 2. The molecule has 1 aliphatic heterocycles. The van der Waals surface area contributed by atoms with E-state index in [1.807, 2.05) is 6.07 Å². The number of nitrogens with two attached hydrogens (primary N) is 1. The molecule has 0 aromatic heterocycles. The lowest BCUT2D eigenvalue weighted by Gasteiger charge is -2.18. The summed E-state index contributed by atoms with van der Waals surface area (Å²) in [6.07, 6.45) is 1.10. The Hall–Kier alpha value is -0.930. The number of hydrogen-bond donors (Lipinski definition) is 1. The number of benzene rings is 1. The number of halogens is 1. The summed E-state index contributed by atoms with van der Waals surface area (Å²) >= 11 is 0. The molecule has 2 atom stereocenters. The molecule has 1 aromatic rings. The Bertz CT molecular complexity index is 370. The molecule has 0 radical (unpaired) electrons. The van der Waals surface area contributed by atoms with Crippen molar-refractivity contribution in [3.63, 3.8) is 0 Å². The molecular weight excluding hydrogens is 214 g/mol. The second kappa shape index (κ2) is 3.91. The average Bonchev–Trinajstić information content (AvgIpc) is 2.95. The molecule has 3 rings (SSSR count). The molecule has 1 heterocycles. The highest BCUT2D eigenvalue weighted by molar-refractivity contribution is 5.85. The van der Waals surface area contributed by atoms with E-state index < -0.39 is 0 Å². The fraction of sp³-hybridized carbons (Fsp3) is 0.455. The van der Waals surface area contributed by atoms with Crippen molar-refractivity contribution in [1.29, 1.82) is 0 Å². The van der Waals surface area contributed by atoms with E-state index in [0.29, 0.717) is 25.2 Å². The molecule has 4 heteroatoms. The highest BCUT2D eigenvalue weighted by atomic mass is 35.5. The molecule has 1 aliphatic carbocycles. The van der Waals surface area contributed by atoms with E-state index in [2.05, 4.69) is 12.1 Å². The molecule has 15 heavy (non-hydrogen) atoms. The Morgan fingerprint density at radius 3 is 2.47 bits per heavy atom. The van der Waals surface area contributed by atoms with E-state index in [4.69, 9.17) is 15.2 Å². The first-order chi connectivity index (χ1) is 6.84. The standard InChI is InChI=1S/C11H13NO2.ClH/c12-9-6-8(9)7-1-2-10-11(5-7)14-4-3-13-10;/h1-2,5,8-9H,3-4,6,12H2;1H/t8-,9+;/m0./s1. The van der Waals surface area contributed by atoms with Gasteiger partial charge in [0.25, 0.3) is 0 Å². The van der Waals surface area contributed by atoms with E-state index in [1.165, 1.54) is 5.56 Å². The second-order valence-electron chi connectivity index (χ2n) is 3.91.